The van der Waals surface area contributed by atoms with Crippen LogP contribution < -0.4 is 9.80 Å². The molecule has 1 saturated carbocycles. The van der Waals surface area contributed by atoms with E-state index in [1.165, 1.54) is 57.4 Å². The van der Waals surface area contributed by atoms with Crippen LogP contribution in [0.1, 0.15) is 38.2 Å². The highest BCUT2D eigenvalue weighted by atomic mass is 19.1. The molecule has 2 N–H and O–H groups in total. The first-order chi connectivity index (χ1) is 10.2. The average Bonchev–Trinajstić information content (AvgIpc) is 2.51. The van der Waals surface area contributed by atoms with Gasteiger partial charge < -0.3 is 9.80 Å². The average molecular weight is 292 g/mol. The standard InChI is InChI=1S/C18H27FN2/c1-15-2-8-18(9-3-15)21-12-10-20(11-13-21)14-16-4-6-17(19)7-5-16/h4-7,15,18H,2-3,8-14H2,1H3/p+2. The van der Waals surface area contributed by atoms with Crippen LogP contribution in [0.2, 0.25) is 0 Å². The molecule has 3 rings (SSSR count). The van der Waals surface area contributed by atoms with E-state index < -0.39 is 0 Å². The third kappa shape index (κ3) is 4.04. The number of rotatable bonds is 3. The lowest BCUT2D eigenvalue weighted by molar-refractivity contribution is -1.03. The molecular formula is C18H29FN2+2. The fraction of sp³-hybridized carbons (Fsp3) is 0.667. The Kier molecular flexibility index (Phi) is 4.91. The molecule has 116 valence electrons. The number of hydrogen-bond donors (Lipinski definition) is 2. The Morgan fingerprint density at radius 2 is 1.57 bits per heavy atom. The van der Waals surface area contributed by atoms with Crippen molar-refractivity contribution in [2.75, 3.05) is 26.2 Å². The number of quaternary nitrogens is 2. The van der Waals surface area contributed by atoms with Crippen LogP contribution in [0.4, 0.5) is 4.39 Å². The van der Waals surface area contributed by atoms with Crippen molar-refractivity contribution < 1.29 is 14.2 Å². The van der Waals surface area contributed by atoms with Crippen LogP contribution in [0.5, 0.6) is 0 Å². The highest BCUT2D eigenvalue weighted by molar-refractivity contribution is 5.14. The van der Waals surface area contributed by atoms with Gasteiger partial charge in [-0.05, 0) is 43.7 Å². The van der Waals surface area contributed by atoms with E-state index in [1.54, 1.807) is 17.0 Å². The van der Waals surface area contributed by atoms with Crippen LogP contribution in [-0.2, 0) is 6.54 Å². The molecule has 3 heteroatoms. The molecule has 1 aromatic carbocycles. The van der Waals surface area contributed by atoms with Gasteiger partial charge in [0.1, 0.15) is 38.5 Å². The molecule has 0 amide bonds. The van der Waals surface area contributed by atoms with E-state index in [0.29, 0.717) is 0 Å². The van der Waals surface area contributed by atoms with Crippen LogP contribution >= 0.6 is 0 Å². The predicted octanol–water partition coefficient (Wildman–Crippen LogP) is 0.688. The first-order valence-electron chi connectivity index (χ1n) is 8.63. The van der Waals surface area contributed by atoms with Gasteiger partial charge in [0, 0.05) is 5.56 Å². The second kappa shape index (κ2) is 6.89. The van der Waals surface area contributed by atoms with Crippen molar-refractivity contribution in [1.82, 2.24) is 0 Å². The number of nitrogens with one attached hydrogen (secondary N) is 2. The molecule has 0 unspecified atom stereocenters. The smallest absolute Gasteiger partial charge is 0.127 e. The van der Waals surface area contributed by atoms with Gasteiger partial charge in [0.25, 0.3) is 0 Å². The quantitative estimate of drug-likeness (QED) is 0.811. The zero-order valence-electron chi connectivity index (χ0n) is 13.2. The molecule has 21 heavy (non-hydrogen) atoms. The second-order valence-corrected chi connectivity index (χ2v) is 7.17. The van der Waals surface area contributed by atoms with Gasteiger partial charge in [-0.25, -0.2) is 4.39 Å². The van der Waals surface area contributed by atoms with Gasteiger partial charge in [-0.15, -0.1) is 0 Å². The molecule has 2 aliphatic rings. The summed E-state index contributed by atoms with van der Waals surface area (Å²) in [7, 11) is 0. The lowest BCUT2D eigenvalue weighted by Gasteiger charge is -2.37. The molecule has 0 atom stereocenters. The van der Waals surface area contributed by atoms with Crippen LogP contribution in [0.25, 0.3) is 0 Å². The molecule has 0 radical (unpaired) electrons. The molecular weight excluding hydrogens is 263 g/mol. The van der Waals surface area contributed by atoms with Gasteiger partial charge in [0.2, 0.25) is 0 Å². The Morgan fingerprint density at radius 1 is 0.952 bits per heavy atom. The Morgan fingerprint density at radius 3 is 2.19 bits per heavy atom. The fourth-order valence-corrected chi connectivity index (χ4v) is 4.07. The summed E-state index contributed by atoms with van der Waals surface area (Å²) in [6, 6.07) is 7.96. The Labute approximate surface area is 127 Å². The van der Waals surface area contributed by atoms with Crippen molar-refractivity contribution in [3.63, 3.8) is 0 Å². The summed E-state index contributed by atoms with van der Waals surface area (Å²) in [4.78, 5) is 3.51. The Bertz CT molecular complexity index is 429. The molecule has 1 aliphatic heterocycles. The molecule has 0 aromatic heterocycles. The van der Waals surface area contributed by atoms with Crippen LogP contribution in [0, 0.1) is 11.7 Å². The third-order valence-electron chi connectivity index (χ3n) is 5.56. The minimum Gasteiger partial charge on any atom is -0.323 e. The van der Waals surface area contributed by atoms with Crippen LogP contribution in [0.3, 0.4) is 0 Å². The highest BCUT2D eigenvalue weighted by Gasteiger charge is 2.31. The van der Waals surface area contributed by atoms with Gasteiger partial charge in [0.15, 0.2) is 0 Å². The van der Waals surface area contributed by atoms with Crippen molar-refractivity contribution in [2.45, 2.75) is 45.2 Å². The van der Waals surface area contributed by atoms with Crippen molar-refractivity contribution in [1.29, 1.82) is 0 Å². The van der Waals surface area contributed by atoms with E-state index in [-0.39, 0.29) is 5.82 Å². The number of piperazine rings is 1. The van der Waals surface area contributed by atoms with Crippen molar-refractivity contribution >= 4 is 0 Å². The summed E-state index contributed by atoms with van der Waals surface area (Å²) in [6.45, 7) is 8.61. The number of halogens is 1. The van der Waals surface area contributed by atoms with Gasteiger partial charge in [-0.1, -0.05) is 19.1 Å². The lowest BCUT2D eigenvalue weighted by atomic mass is 9.86. The lowest BCUT2D eigenvalue weighted by Crippen LogP contribution is -3.29. The monoisotopic (exact) mass is 292 g/mol. The highest BCUT2D eigenvalue weighted by Crippen LogP contribution is 2.21. The molecule has 2 nitrogen and oxygen atoms in total. The van der Waals surface area contributed by atoms with E-state index in [1.807, 2.05) is 17.0 Å². The van der Waals surface area contributed by atoms with E-state index in [2.05, 4.69) is 6.92 Å². The fourth-order valence-electron chi connectivity index (χ4n) is 4.07. The van der Waals surface area contributed by atoms with Crippen molar-refractivity contribution in [3.8, 4) is 0 Å². The van der Waals surface area contributed by atoms with Gasteiger partial charge >= 0.3 is 0 Å². The van der Waals surface area contributed by atoms with Crippen LogP contribution in [-0.4, -0.2) is 32.2 Å². The molecule has 2 fully saturated rings. The first-order valence-corrected chi connectivity index (χ1v) is 8.63. The van der Waals surface area contributed by atoms with Gasteiger partial charge in [-0.3, -0.25) is 0 Å². The molecule has 0 bridgehead atoms. The van der Waals surface area contributed by atoms with Crippen molar-refractivity contribution in [2.24, 2.45) is 5.92 Å². The maximum Gasteiger partial charge on any atom is 0.127 e. The number of hydrogen-bond acceptors (Lipinski definition) is 0. The van der Waals surface area contributed by atoms with Gasteiger partial charge in [-0.2, -0.15) is 0 Å². The first kappa shape index (κ1) is 15.0. The van der Waals surface area contributed by atoms with Crippen LogP contribution in [0.15, 0.2) is 24.3 Å². The topological polar surface area (TPSA) is 8.88 Å². The molecule has 1 aliphatic carbocycles. The second-order valence-electron chi connectivity index (χ2n) is 7.17. The summed E-state index contributed by atoms with van der Waals surface area (Å²) in [5.41, 5.74) is 1.27. The summed E-state index contributed by atoms with van der Waals surface area (Å²) >= 11 is 0. The summed E-state index contributed by atoms with van der Waals surface area (Å²) in [5, 5.41) is 0. The zero-order valence-corrected chi connectivity index (χ0v) is 13.2. The van der Waals surface area contributed by atoms with Crippen molar-refractivity contribution in [3.05, 3.63) is 35.6 Å². The normalized spacial score (nSPS) is 33.8. The Hall–Kier alpha value is -0.930. The third-order valence-corrected chi connectivity index (χ3v) is 5.56. The molecule has 0 spiro atoms. The Balaban J connectivity index is 1.45. The SMILES string of the molecule is CC1CCC([NH+]2CC[NH+](Cc3ccc(F)cc3)CC2)CC1. The summed E-state index contributed by atoms with van der Waals surface area (Å²) < 4.78 is 12.9. The predicted molar refractivity (Wildman–Crippen MR) is 82.9 cm³/mol. The zero-order chi connectivity index (χ0) is 14.7. The maximum absolute atomic E-state index is 12.9. The largest absolute Gasteiger partial charge is 0.323 e. The summed E-state index contributed by atoms with van der Waals surface area (Å²) in [6.07, 6.45) is 5.73. The van der Waals surface area contributed by atoms with E-state index >= 15 is 0 Å². The van der Waals surface area contributed by atoms with E-state index in [9.17, 15) is 4.39 Å². The summed E-state index contributed by atoms with van der Waals surface area (Å²) in [5.74, 6) is 0.820. The van der Waals surface area contributed by atoms with Gasteiger partial charge in [0.05, 0.1) is 6.04 Å². The maximum atomic E-state index is 12.9. The molecule has 1 saturated heterocycles. The van der Waals surface area contributed by atoms with E-state index in [4.69, 9.17) is 0 Å². The molecule has 1 heterocycles. The molecule has 1 aromatic rings. The minimum absolute atomic E-state index is 0.130. The minimum atomic E-state index is -0.130. The van der Waals surface area contributed by atoms with E-state index in [0.717, 1.165) is 18.5 Å². The number of benzene rings is 1.